The van der Waals surface area contributed by atoms with Gasteiger partial charge in [-0.15, -0.1) is 0 Å². The van der Waals surface area contributed by atoms with Crippen LogP contribution in [0.5, 0.6) is 0 Å². The molecule has 0 bridgehead atoms. The van der Waals surface area contributed by atoms with Crippen LogP contribution in [-0.2, 0) is 0 Å². The molecule has 0 N–H and O–H groups in total. The predicted octanol–water partition coefficient (Wildman–Crippen LogP) is 3.24. The van der Waals surface area contributed by atoms with Crippen molar-refractivity contribution in [3.8, 4) is 17.1 Å². The molecule has 32 heavy (non-hydrogen) atoms. The fraction of sp³-hybridized carbons (Fsp3) is 0.227. The predicted molar refractivity (Wildman–Crippen MR) is 119 cm³/mol. The van der Waals surface area contributed by atoms with Crippen molar-refractivity contribution < 1.29 is 9.32 Å². The van der Waals surface area contributed by atoms with E-state index in [1.165, 1.54) is 0 Å². The number of rotatable bonds is 4. The Labute approximate surface area is 189 Å². The maximum absolute atomic E-state index is 13.4. The monoisotopic (exact) mass is 449 g/mol. The number of amides is 1. The lowest BCUT2D eigenvalue weighted by Crippen LogP contribution is -2.49. The van der Waals surface area contributed by atoms with Gasteiger partial charge in [0.25, 0.3) is 5.91 Å². The van der Waals surface area contributed by atoms with E-state index >= 15 is 0 Å². The van der Waals surface area contributed by atoms with E-state index in [0.29, 0.717) is 53.8 Å². The van der Waals surface area contributed by atoms with Crippen LogP contribution in [0.25, 0.3) is 17.1 Å². The van der Waals surface area contributed by atoms with Crippen molar-refractivity contribution in [2.45, 2.75) is 6.92 Å². The molecule has 1 fully saturated rings. The quantitative estimate of drug-likeness (QED) is 0.472. The lowest BCUT2D eigenvalue weighted by Gasteiger charge is -2.35. The molecular weight excluding hydrogens is 430 g/mol. The van der Waals surface area contributed by atoms with Gasteiger partial charge in [-0.2, -0.15) is 0 Å². The molecule has 0 aliphatic carbocycles. The number of aromatic nitrogens is 5. The molecule has 1 aliphatic rings. The average molecular weight is 450 g/mol. The highest BCUT2D eigenvalue weighted by molar-refractivity contribution is 6.33. The smallest absolute Gasteiger partial charge is 0.259 e. The van der Waals surface area contributed by atoms with Crippen LogP contribution >= 0.6 is 11.6 Å². The van der Waals surface area contributed by atoms with Gasteiger partial charge in [0.1, 0.15) is 41.3 Å². The fourth-order valence-electron chi connectivity index (χ4n) is 3.80. The van der Waals surface area contributed by atoms with Crippen LogP contribution in [0.4, 0.5) is 5.82 Å². The number of hydrogen-bond acceptors (Lipinski definition) is 7. The van der Waals surface area contributed by atoms with Gasteiger partial charge in [-0.25, -0.2) is 15.0 Å². The van der Waals surface area contributed by atoms with Gasteiger partial charge in [-0.3, -0.25) is 9.36 Å². The summed E-state index contributed by atoms with van der Waals surface area (Å²) in [5, 5.41) is 4.64. The lowest BCUT2D eigenvalue weighted by molar-refractivity contribution is 0.0745. The van der Waals surface area contributed by atoms with Crippen LogP contribution in [0.2, 0.25) is 5.02 Å². The first-order chi connectivity index (χ1) is 15.6. The van der Waals surface area contributed by atoms with Crippen molar-refractivity contribution >= 4 is 23.3 Å². The molecule has 9 nitrogen and oxygen atoms in total. The molecular formula is C22H20ClN7O2. The standard InChI is InChI=1S/C22H20ClN7O2/c1-15-20(21(27-32-15)16-4-2-3-5-17(16)23)22(31)29-10-8-28(9-11-29)18-12-19(26-13-25-18)30-7-6-24-14-30/h2-7,12-14H,8-11H2,1H3. The van der Waals surface area contributed by atoms with Crippen LogP contribution in [0.3, 0.4) is 0 Å². The van der Waals surface area contributed by atoms with Gasteiger partial charge in [0, 0.05) is 50.2 Å². The molecule has 1 aliphatic heterocycles. The Kier molecular flexibility index (Phi) is 5.32. The minimum Gasteiger partial charge on any atom is -0.360 e. The van der Waals surface area contributed by atoms with Crippen LogP contribution in [0.15, 0.2) is 59.9 Å². The third-order valence-corrected chi connectivity index (χ3v) is 5.83. The second-order valence-corrected chi connectivity index (χ2v) is 7.83. The summed E-state index contributed by atoms with van der Waals surface area (Å²) in [5.74, 6) is 1.93. The van der Waals surface area contributed by atoms with E-state index in [4.69, 9.17) is 16.1 Å². The Morgan fingerprint density at radius 2 is 1.88 bits per heavy atom. The van der Waals surface area contributed by atoms with Crippen LogP contribution in [-0.4, -0.2) is 61.7 Å². The number of carbonyl (C=O) groups is 1. The molecule has 0 saturated carbocycles. The number of anilines is 1. The van der Waals surface area contributed by atoms with E-state index in [1.807, 2.05) is 39.9 Å². The average Bonchev–Trinajstić information content (AvgIpc) is 3.49. The number of imidazole rings is 1. The Morgan fingerprint density at radius 1 is 1.09 bits per heavy atom. The zero-order valence-corrected chi connectivity index (χ0v) is 18.1. The summed E-state index contributed by atoms with van der Waals surface area (Å²) in [7, 11) is 0. The number of halogens is 1. The van der Waals surface area contributed by atoms with Crippen LogP contribution in [0, 0.1) is 6.92 Å². The maximum Gasteiger partial charge on any atom is 0.259 e. The largest absolute Gasteiger partial charge is 0.360 e. The van der Waals surface area contributed by atoms with Crippen molar-refractivity contribution in [2.24, 2.45) is 0 Å². The summed E-state index contributed by atoms with van der Waals surface area (Å²) >= 11 is 6.34. The van der Waals surface area contributed by atoms with Gasteiger partial charge >= 0.3 is 0 Å². The molecule has 4 aromatic rings. The van der Waals surface area contributed by atoms with Gasteiger partial charge < -0.3 is 14.3 Å². The van der Waals surface area contributed by atoms with Crippen LogP contribution in [0.1, 0.15) is 16.1 Å². The summed E-state index contributed by atoms with van der Waals surface area (Å²) in [6.07, 6.45) is 6.77. The normalized spacial score (nSPS) is 14.1. The molecule has 1 amide bonds. The number of benzene rings is 1. The summed E-state index contributed by atoms with van der Waals surface area (Å²) in [6, 6.07) is 9.22. The summed E-state index contributed by atoms with van der Waals surface area (Å²) in [4.78, 5) is 30.1. The highest BCUT2D eigenvalue weighted by Crippen LogP contribution is 2.32. The van der Waals surface area contributed by atoms with E-state index in [1.54, 1.807) is 31.8 Å². The van der Waals surface area contributed by atoms with E-state index in [-0.39, 0.29) is 5.91 Å². The Hall–Kier alpha value is -3.72. The van der Waals surface area contributed by atoms with Crippen LogP contribution < -0.4 is 4.90 Å². The molecule has 1 saturated heterocycles. The number of nitrogens with zero attached hydrogens (tertiary/aromatic N) is 7. The van der Waals surface area contributed by atoms with E-state index in [0.717, 1.165) is 11.6 Å². The molecule has 0 atom stereocenters. The second-order valence-electron chi connectivity index (χ2n) is 7.43. The fourth-order valence-corrected chi connectivity index (χ4v) is 4.03. The first-order valence-corrected chi connectivity index (χ1v) is 10.6. The summed E-state index contributed by atoms with van der Waals surface area (Å²) in [6.45, 7) is 4.15. The Balaban J connectivity index is 1.33. The SMILES string of the molecule is Cc1onc(-c2ccccc2Cl)c1C(=O)N1CCN(c2cc(-n3ccnc3)ncn2)CC1. The minimum absolute atomic E-state index is 0.111. The number of aryl methyl sites for hydroxylation is 1. The van der Waals surface area contributed by atoms with Gasteiger partial charge in [-0.05, 0) is 13.0 Å². The number of carbonyl (C=O) groups excluding carboxylic acids is 1. The van der Waals surface area contributed by atoms with Gasteiger partial charge in [0.05, 0.1) is 5.02 Å². The first-order valence-electron chi connectivity index (χ1n) is 10.2. The second kappa shape index (κ2) is 8.43. The maximum atomic E-state index is 13.4. The first kappa shape index (κ1) is 20.2. The minimum atomic E-state index is -0.111. The summed E-state index contributed by atoms with van der Waals surface area (Å²) < 4.78 is 7.19. The van der Waals surface area contributed by atoms with Gasteiger partial charge in [0.15, 0.2) is 0 Å². The van der Waals surface area contributed by atoms with E-state index < -0.39 is 0 Å². The zero-order chi connectivity index (χ0) is 22.1. The van der Waals surface area contributed by atoms with Crippen molar-refractivity contribution in [1.29, 1.82) is 0 Å². The molecule has 0 unspecified atom stereocenters. The summed E-state index contributed by atoms with van der Waals surface area (Å²) in [5.41, 5.74) is 1.61. The highest BCUT2D eigenvalue weighted by atomic mass is 35.5. The molecule has 4 heterocycles. The van der Waals surface area contributed by atoms with E-state index in [9.17, 15) is 4.79 Å². The van der Waals surface area contributed by atoms with Crippen molar-refractivity contribution in [2.75, 3.05) is 31.1 Å². The molecule has 3 aromatic heterocycles. The van der Waals surface area contributed by atoms with Crippen molar-refractivity contribution in [1.82, 2.24) is 29.6 Å². The third kappa shape index (κ3) is 3.71. The number of piperazine rings is 1. The molecule has 1 aromatic carbocycles. The van der Waals surface area contributed by atoms with Crippen molar-refractivity contribution in [3.05, 3.63) is 71.7 Å². The number of hydrogen-bond donors (Lipinski definition) is 0. The van der Waals surface area contributed by atoms with Gasteiger partial charge in [0.2, 0.25) is 0 Å². The Bertz CT molecular complexity index is 1250. The molecule has 0 radical (unpaired) electrons. The highest BCUT2D eigenvalue weighted by Gasteiger charge is 2.29. The molecule has 10 heteroatoms. The molecule has 5 rings (SSSR count). The Morgan fingerprint density at radius 3 is 2.62 bits per heavy atom. The molecule has 162 valence electrons. The molecule has 0 spiro atoms. The van der Waals surface area contributed by atoms with Gasteiger partial charge in [-0.1, -0.05) is 35.0 Å². The van der Waals surface area contributed by atoms with Crippen molar-refractivity contribution in [3.63, 3.8) is 0 Å². The van der Waals surface area contributed by atoms with E-state index in [2.05, 4.69) is 25.0 Å². The zero-order valence-electron chi connectivity index (χ0n) is 17.3. The topological polar surface area (TPSA) is 93.2 Å². The third-order valence-electron chi connectivity index (χ3n) is 5.50. The lowest BCUT2D eigenvalue weighted by atomic mass is 10.0.